The average molecular weight is 320 g/mol. The highest BCUT2D eigenvalue weighted by atomic mass is 32.1. The number of ether oxygens (including phenoxy) is 1. The smallest absolute Gasteiger partial charge is 0.326 e. The van der Waals surface area contributed by atoms with E-state index >= 15 is 0 Å². The number of carbonyl (C=O) groups excluding carboxylic acids is 1. The SMILES string of the molecule is CC[C@@H](C)OC(=O)Cn1cnc2sc3c(c2c1=O)CCCC3. The van der Waals surface area contributed by atoms with Gasteiger partial charge in [-0.25, -0.2) is 4.98 Å². The molecule has 6 heteroatoms. The molecule has 1 atom stereocenters. The summed E-state index contributed by atoms with van der Waals surface area (Å²) in [6.07, 6.45) is 6.35. The van der Waals surface area contributed by atoms with Crippen LogP contribution < -0.4 is 5.56 Å². The van der Waals surface area contributed by atoms with Crippen molar-refractivity contribution in [3.8, 4) is 0 Å². The van der Waals surface area contributed by atoms with Crippen molar-refractivity contribution in [1.82, 2.24) is 9.55 Å². The molecule has 0 N–H and O–H groups in total. The molecule has 3 rings (SSSR count). The Kier molecular flexibility index (Phi) is 4.29. The van der Waals surface area contributed by atoms with E-state index in [-0.39, 0.29) is 24.2 Å². The molecule has 22 heavy (non-hydrogen) atoms. The van der Waals surface area contributed by atoms with Crippen LogP contribution in [-0.2, 0) is 28.9 Å². The Morgan fingerprint density at radius 3 is 3.00 bits per heavy atom. The molecule has 0 spiro atoms. The highest BCUT2D eigenvalue weighted by molar-refractivity contribution is 7.18. The first kappa shape index (κ1) is 15.2. The minimum absolute atomic E-state index is 0.0727. The van der Waals surface area contributed by atoms with Crippen LogP contribution in [0.2, 0.25) is 0 Å². The molecule has 1 aliphatic rings. The summed E-state index contributed by atoms with van der Waals surface area (Å²) < 4.78 is 6.61. The van der Waals surface area contributed by atoms with Crippen LogP contribution >= 0.6 is 11.3 Å². The number of hydrogen-bond donors (Lipinski definition) is 0. The van der Waals surface area contributed by atoms with Gasteiger partial charge in [0.25, 0.3) is 5.56 Å². The van der Waals surface area contributed by atoms with Gasteiger partial charge in [0.05, 0.1) is 17.8 Å². The van der Waals surface area contributed by atoms with Crippen molar-refractivity contribution >= 4 is 27.5 Å². The first-order chi connectivity index (χ1) is 10.6. The van der Waals surface area contributed by atoms with Crippen LogP contribution in [0.25, 0.3) is 10.2 Å². The largest absolute Gasteiger partial charge is 0.461 e. The summed E-state index contributed by atoms with van der Waals surface area (Å²) in [5.41, 5.74) is 1.03. The molecule has 5 nitrogen and oxygen atoms in total. The second-order valence-electron chi connectivity index (χ2n) is 5.78. The van der Waals surface area contributed by atoms with E-state index in [1.54, 1.807) is 11.3 Å². The Hall–Kier alpha value is -1.69. The molecule has 0 aliphatic heterocycles. The van der Waals surface area contributed by atoms with Crippen molar-refractivity contribution in [1.29, 1.82) is 0 Å². The zero-order chi connectivity index (χ0) is 15.7. The van der Waals surface area contributed by atoms with Crippen LogP contribution in [0.15, 0.2) is 11.1 Å². The van der Waals surface area contributed by atoms with Gasteiger partial charge >= 0.3 is 5.97 Å². The number of carbonyl (C=O) groups is 1. The summed E-state index contributed by atoms with van der Waals surface area (Å²) >= 11 is 1.62. The lowest BCUT2D eigenvalue weighted by atomic mass is 9.97. The minimum Gasteiger partial charge on any atom is -0.461 e. The highest BCUT2D eigenvalue weighted by Gasteiger charge is 2.20. The minimum atomic E-state index is -0.387. The second-order valence-corrected chi connectivity index (χ2v) is 6.86. The summed E-state index contributed by atoms with van der Waals surface area (Å²) in [4.78, 5) is 31.0. The van der Waals surface area contributed by atoms with E-state index in [1.807, 2.05) is 13.8 Å². The summed E-state index contributed by atoms with van der Waals surface area (Å²) in [6.45, 7) is 3.73. The van der Waals surface area contributed by atoms with E-state index in [4.69, 9.17) is 4.74 Å². The summed E-state index contributed by atoms with van der Waals surface area (Å²) in [6, 6.07) is 0. The number of hydrogen-bond acceptors (Lipinski definition) is 5. The van der Waals surface area contributed by atoms with Gasteiger partial charge in [0.1, 0.15) is 11.4 Å². The van der Waals surface area contributed by atoms with Gasteiger partial charge in [-0.2, -0.15) is 0 Å². The van der Waals surface area contributed by atoms with Gasteiger partial charge in [-0.05, 0) is 44.6 Å². The number of nitrogens with zero attached hydrogens (tertiary/aromatic N) is 2. The average Bonchev–Trinajstić information content (AvgIpc) is 2.89. The molecule has 0 radical (unpaired) electrons. The van der Waals surface area contributed by atoms with Crippen molar-refractivity contribution < 1.29 is 9.53 Å². The van der Waals surface area contributed by atoms with Gasteiger partial charge < -0.3 is 4.74 Å². The van der Waals surface area contributed by atoms with Gasteiger partial charge in [-0.15, -0.1) is 11.3 Å². The van der Waals surface area contributed by atoms with Crippen molar-refractivity contribution in [3.63, 3.8) is 0 Å². The van der Waals surface area contributed by atoms with Crippen LogP contribution in [0, 0.1) is 0 Å². The first-order valence-corrected chi connectivity index (χ1v) is 8.61. The molecule has 2 heterocycles. The van der Waals surface area contributed by atoms with Crippen LogP contribution in [-0.4, -0.2) is 21.6 Å². The molecule has 0 unspecified atom stereocenters. The van der Waals surface area contributed by atoms with E-state index in [2.05, 4.69) is 4.98 Å². The molecular formula is C16H20N2O3S. The van der Waals surface area contributed by atoms with E-state index < -0.39 is 0 Å². The summed E-state index contributed by atoms with van der Waals surface area (Å²) in [5.74, 6) is -0.387. The van der Waals surface area contributed by atoms with Crippen molar-refractivity contribution in [2.45, 2.75) is 58.6 Å². The van der Waals surface area contributed by atoms with Crippen LogP contribution in [0.4, 0.5) is 0 Å². The van der Waals surface area contributed by atoms with Gasteiger partial charge in [0.15, 0.2) is 0 Å². The van der Waals surface area contributed by atoms with Crippen LogP contribution in [0.1, 0.15) is 43.6 Å². The van der Waals surface area contributed by atoms with Gasteiger partial charge in [-0.1, -0.05) is 6.92 Å². The maximum atomic E-state index is 12.7. The third-order valence-corrected chi connectivity index (χ3v) is 5.35. The van der Waals surface area contributed by atoms with Gasteiger partial charge in [0, 0.05) is 4.88 Å². The van der Waals surface area contributed by atoms with Crippen molar-refractivity contribution in [2.75, 3.05) is 0 Å². The zero-order valence-electron chi connectivity index (χ0n) is 12.9. The number of aryl methyl sites for hydroxylation is 2. The summed E-state index contributed by atoms with van der Waals surface area (Å²) in [5, 5.41) is 0.707. The molecule has 118 valence electrons. The highest BCUT2D eigenvalue weighted by Crippen LogP contribution is 2.33. The lowest BCUT2D eigenvalue weighted by Crippen LogP contribution is -2.27. The Balaban J connectivity index is 1.93. The Labute approximate surface area is 132 Å². The maximum Gasteiger partial charge on any atom is 0.326 e. The van der Waals surface area contributed by atoms with Gasteiger partial charge in [0.2, 0.25) is 0 Å². The third kappa shape index (κ3) is 2.79. The normalized spacial score (nSPS) is 15.5. The molecule has 0 aromatic carbocycles. The third-order valence-electron chi connectivity index (χ3n) is 4.15. The maximum absolute atomic E-state index is 12.7. The fourth-order valence-electron chi connectivity index (χ4n) is 2.78. The van der Waals surface area contributed by atoms with Crippen LogP contribution in [0.5, 0.6) is 0 Å². The molecule has 0 amide bonds. The second kappa shape index (κ2) is 6.20. The lowest BCUT2D eigenvalue weighted by molar-refractivity contribution is -0.149. The van der Waals surface area contributed by atoms with Crippen LogP contribution in [0.3, 0.4) is 0 Å². The number of fused-ring (bicyclic) bond motifs is 3. The molecule has 2 aromatic rings. The standard InChI is InChI=1S/C16H20N2O3S/c1-3-10(2)21-13(19)8-18-9-17-15-14(16(18)20)11-6-4-5-7-12(11)22-15/h9-10H,3-8H2,1-2H3/t10-/m1/s1. The topological polar surface area (TPSA) is 61.2 Å². The Morgan fingerprint density at radius 2 is 2.23 bits per heavy atom. The van der Waals surface area contributed by atoms with E-state index in [0.29, 0.717) is 5.39 Å². The first-order valence-electron chi connectivity index (χ1n) is 7.79. The molecular weight excluding hydrogens is 300 g/mol. The molecule has 2 aromatic heterocycles. The van der Waals surface area contributed by atoms with E-state index in [9.17, 15) is 9.59 Å². The molecule has 0 saturated heterocycles. The number of aromatic nitrogens is 2. The predicted molar refractivity (Wildman–Crippen MR) is 86.4 cm³/mol. The fourth-order valence-corrected chi connectivity index (χ4v) is 4.00. The van der Waals surface area contributed by atoms with E-state index in [0.717, 1.165) is 36.1 Å². The molecule has 1 aliphatic carbocycles. The van der Waals surface area contributed by atoms with Crippen molar-refractivity contribution in [3.05, 3.63) is 27.1 Å². The fraction of sp³-hybridized carbons (Fsp3) is 0.562. The Morgan fingerprint density at radius 1 is 1.45 bits per heavy atom. The molecule has 0 fully saturated rings. The number of rotatable bonds is 4. The van der Waals surface area contributed by atoms with Crippen molar-refractivity contribution in [2.24, 2.45) is 0 Å². The van der Waals surface area contributed by atoms with Gasteiger partial charge in [-0.3, -0.25) is 14.2 Å². The monoisotopic (exact) mass is 320 g/mol. The molecule has 0 bridgehead atoms. The van der Waals surface area contributed by atoms with E-state index in [1.165, 1.54) is 22.2 Å². The Bertz CT molecular complexity index is 763. The molecule has 0 saturated carbocycles. The predicted octanol–water partition coefficient (Wildman–Crippen LogP) is 2.68. The lowest BCUT2D eigenvalue weighted by Gasteiger charge is -2.12. The number of thiophene rings is 1. The number of esters is 1. The quantitative estimate of drug-likeness (QED) is 0.813. The zero-order valence-corrected chi connectivity index (χ0v) is 13.7. The summed E-state index contributed by atoms with van der Waals surface area (Å²) in [7, 11) is 0.